The Morgan fingerprint density at radius 1 is 0.964 bits per heavy atom. The van der Waals surface area contributed by atoms with Gasteiger partial charge in [-0.05, 0) is 42.5 Å². The number of hydrogen-bond donors (Lipinski definition) is 1. The van der Waals surface area contributed by atoms with E-state index in [9.17, 15) is 9.59 Å². The number of rotatable bonds is 3. The van der Waals surface area contributed by atoms with Crippen molar-refractivity contribution in [3.8, 4) is 0 Å². The van der Waals surface area contributed by atoms with E-state index in [0.717, 1.165) is 21.2 Å². The molecule has 0 bridgehead atoms. The fourth-order valence-corrected chi connectivity index (χ4v) is 4.18. The van der Waals surface area contributed by atoms with Crippen LogP contribution in [-0.4, -0.2) is 18.5 Å². The van der Waals surface area contributed by atoms with E-state index in [1.807, 2.05) is 48.5 Å². The highest BCUT2D eigenvalue weighted by molar-refractivity contribution is 7.99. The molecule has 0 unspecified atom stereocenters. The second kappa shape index (κ2) is 7.58. The van der Waals surface area contributed by atoms with E-state index in [-0.39, 0.29) is 17.2 Å². The van der Waals surface area contributed by atoms with Crippen molar-refractivity contribution >= 4 is 52.3 Å². The molecule has 0 spiro atoms. The molecule has 0 fully saturated rings. The molecule has 1 heterocycles. The lowest BCUT2D eigenvalue weighted by molar-refractivity contribution is -0.121. The zero-order valence-corrected chi connectivity index (χ0v) is 16.2. The van der Waals surface area contributed by atoms with Gasteiger partial charge in [-0.1, -0.05) is 47.6 Å². The van der Waals surface area contributed by atoms with E-state index < -0.39 is 12.6 Å². The minimum Gasteiger partial charge on any atom is -0.452 e. The molecule has 4 rings (SSSR count). The van der Waals surface area contributed by atoms with Crippen molar-refractivity contribution in [2.75, 3.05) is 17.2 Å². The molecular weight excluding hydrogens is 396 g/mol. The van der Waals surface area contributed by atoms with Gasteiger partial charge < -0.3 is 10.5 Å². The molecule has 1 aliphatic rings. The summed E-state index contributed by atoms with van der Waals surface area (Å²) in [5.74, 6) is -1.05. The molecule has 3 aromatic carbocycles. The number of para-hydroxylation sites is 2. The number of esters is 1. The average molecular weight is 411 g/mol. The van der Waals surface area contributed by atoms with Crippen molar-refractivity contribution in [1.82, 2.24) is 0 Å². The van der Waals surface area contributed by atoms with E-state index in [1.54, 1.807) is 22.7 Å². The van der Waals surface area contributed by atoms with Gasteiger partial charge in [0.1, 0.15) is 0 Å². The zero-order chi connectivity index (χ0) is 19.7. The van der Waals surface area contributed by atoms with E-state index in [0.29, 0.717) is 5.02 Å². The number of carbonyl (C=O) groups is 2. The third-order valence-electron chi connectivity index (χ3n) is 4.24. The van der Waals surface area contributed by atoms with Crippen LogP contribution in [0.25, 0.3) is 0 Å². The van der Waals surface area contributed by atoms with Crippen LogP contribution < -0.4 is 10.6 Å². The van der Waals surface area contributed by atoms with E-state index in [1.165, 1.54) is 12.1 Å². The van der Waals surface area contributed by atoms with Crippen LogP contribution in [0.15, 0.2) is 76.5 Å². The van der Waals surface area contributed by atoms with Crippen LogP contribution in [-0.2, 0) is 9.53 Å². The zero-order valence-electron chi connectivity index (χ0n) is 14.6. The molecule has 1 aliphatic heterocycles. The van der Waals surface area contributed by atoms with Crippen LogP contribution >= 0.6 is 23.4 Å². The lowest BCUT2D eigenvalue weighted by Gasteiger charge is -2.30. The number of halogens is 1. The molecule has 28 heavy (non-hydrogen) atoms. The Hall–Kier alpha value is -2.96. The SMILES string of the molecule is Nc1ccc(Cl)cc1C(=O)OCC(=O)N1c2ccccc2Sc2ccccc21. The molecule has 0 aliphatic carbocycles. The Morgan fingerprint density at radius 2 is 1.57 bits per heavy atom. The fraction of sp³-hybridized carbons (Fsp3) is 0.0476. The number of nitrogens with zero attached hydrogens (tertiary/aromatic N) is 1. The largest absolute Gasteiger partial charge is 0.452 e. The van der Waals surface area contributed by atoms with Gasteiger partial charge in [0.05, 0.1) is 16.9 Å². The lowest BCUT2D eigenvalue weighted by atomic mass is 10.2. The normalized spacial score (nSPS) is 12.1. The molecule has 140 valence electrons. The second-order valence-corrected chi connectivity index (χ2v) is 7.59. The fourth-order valence-electron chi connectivity index (χ4n) is 2.95. The predicted molar refractivity (Wildman–Crippen MR) is 110 cm³/mol. The third-order valence-corrected chi connectivity index (χ3v) is 5.61. The first-order valence-electron chi connectivity index (χ1n) is 8.45. The molecule has 0 saturated heterocycles. The van der Waals surface area contributed by atoms with Crippen LogP contribution in [0.1, 0.15) is 10.4 Å². The number of ether oxygens (including phenoxy) is 1. The first-order chi connectivity index (χ1) is 13.5. The number of amides is 1. The van der Waals surface area contributed by atoms with Crippen molar-refractivity contribution in [2.24, 2.45) is 0 Å². The highest BCUT2D eigenvalue weighted by Crippen LogP contribution is 2.47. The maximum Gasteiger partial charge on any atom is 0.340 e. The van der Waals surface area contributed by atoms with Crippen molar-refractivity contribution in [3.05, 3.63) is 77.3 Å². The molecule has 0 radical (unpaired) electrons. The van der Waals surface area contributed by atoms with Crippen LogP contribution in [0.2, 0.25) is 5.02 Å². The van der Waals surface area contributed by atoms with E-state index in [2.05, 4.69) is 0 Å². The number of nitrogen functional groups attached to an aromatic ring is 1. The number of hydrogen-bond acceptors (Lipinski definition) is 5. The third kappa shape index (κ3) is 3.44. The van der Waals surface area contributed by atoms with Crippen molar-refractivity contribution in [2.45, 2.75) is 9.79 Å². The van der Waals surface area contributed by atoms with Crippen LogP contribution in [0.3, 0.4) is 0 Å². The molecule has 1 amide bonds. The number of nitrogens with two attached hydrogens (primary N) is 1. The molecule has 2 N–H and O–H groups in total. The highest BCUT2D eigenvalue weighted by Gasteiger charge is 2.28. The topological polar surface area (TPSA) is 72.6 Å². The van der Waals surface area contributed by atoms with Gasteiger partial charge in [-0.25, -0.2) is 4.79 Å². The predicted octanol–water partition coefficient (Wildman–Crippen LogP) is 4.91. The summed E-state index contributed by atoms with van der Waals surface area (Å²) < 4.78 is 5.23. The number of carbonyl (C=O) groups excluding carboxylic acids is 2. The van der Waals surface area contributed by atoms with Crippen LogP contribution in [0.5, 0.6) is 0 Å². The van der Waals surface area contributed by atoms with Gasteiger partial charge in [0, 0.05) is 20.5 Å². The van der Waals surface area contributed by atoms with Crippen molar-refractivity contribution in [1.29, 1.82) is 0 Å². The number of benzene rings is 3. The van der Waals surface area contributed by atoms with E-state index >= 15 is 0 Å². The van der Waals surface area contributed by atoms with Gasteiger partial charge in [0.2, 0.25) is 0 Å². The van der Waals surface area contributed by atoms with Crippen molar-refractivity contribution in [3.63, 3.8) is 0 Å². The maximum absolute atomic E-state index is 13.0. The van der Waals surface area contributed by atoms with E-state index in [4.69, 9.17) is 22.1 Å². The van der Waals surface area contributed by atoms with Gasteiger partial charge in [0.15, 0.2) is 6.61 Å². The monoisotopic (exact) mass is 410 g/mol. The summed E-state index contributed by atoms with van der Waals surface area (Å²) in [6.45, 7) is -0.419. The van der Waals surface area contributed by atoms with Gasteiger partial charge >= 0.3 is 5.97 Å². The minimum atomic E-state index is -0.693. The Balaban J connectivity index is 1.59. The lowest BCUT2D eigenvalue weighted by Crippen LogP contribution is -2.32. The summed E-state index contributed by atoms with van der Waals surface area (Å²) in [6, 6.07) is 19.7. The summed E-state index contributed by atoms with van der Waals surface area (Å²) >= 11 is 7.51. The van der Waals surface area contributed by atoms with Gasteiger partial charge in [-0.3, -0.25) is 9.69 Å². The highest BCUT2D eigenvalue weighted by atomic mass is 35.5. The van der Waals surface area contributed by atoms with Crippen LogP contribution in [0, 0.1) is 0 Å². The molecule has 7 heteroatoms. The summed E-state index contributed by atoms with van der Waals surface area (Å²) in [4.78, 5) is 28.8. The Labute approximate surface area is 171 Å². The standard InChI is InChI=1S/C21H15ClN2O3S/c22-13-9-10-15(23)14(11-13)21(26)27-12-20(25)24-16-5-1-3-7-18(16)28-19-8-4-2-6-17(19)24/h1-11H,12,23H2. The average Bonchev–Trinajstić information content (AvgIpc) is 2.71. The van der Waals surface area contributed by atoms with Crippen molar-refractivity contribution < 1.29 is 14.3 Å². The van der Waals surface area contributed by atoms with Gasteiger partial charge in [-0.15, -0.1) is 0 Å². The number of anilines is 3. The summed E-state index contributed by atoms with van der Waals surface area (Å²) in [6.07, 6.45) is 0. The molecule has 0 saturated carbocycles. The van der Waals surface area contributed by atoms with Crippen LogP contribution in [0.4, 0.5) is 17.1 Å². The maximum atomic E-state index is 13.0. The first kappa shape index (κ1) is 18.4. The smallest absolute Gasteiger partial charge is 0.340 e. The Bertz CT molecular complexity index is 1040. The Morgan fingerprint density at radius 3 is 2.21 bits per heavy atom. The Kier molecular flexibility index (Phi) is 4.98. The number of fused-ring (bicyclic) bond motifs is 2. The summed E-state index contributed by atoms with van der Waals surface area (Å²) in [5, 5.41) is 0.364. The molecule has 3 aromatic rings. The second-order valence-electron chi connectivity index (χ2n) is 6.07. The minimum absolute atomic E-state index is 0.135. The molecule has 0 atom stereocenters. The molecule has 5 nitrogen and oxygen atoms in total. The molecule has 0 aromatic heterocycles. The molecular formula is C21H15ClN2O3S. The van der Waals surface area contributed by atoms with Gasteiger partial charge in [0.25, 0.3) is 5.91 Å². The summed E-state index contributed by atoms with van der Waals surface area (Å²) in [7, 11) is 0. The first-order valence-corrected chi connectivity index (χ1v) is 9.65. The van der Waals surface area contributed by atoms with Gasteiger partial charge in [-0.2, -0.15) is 0 Å². The summed E-state index contributed by atoms with van der Waals surface area (Å²) in [5.41, 5.74) is 7.70. The quantitative estimate of drug-likeness (QED) is 0.490.